The Kier molecular flexibility index (Phi) is 3.51. The number of hydrogen-bond donors (Lipinski definition) is 0. The van der Waals surface area contributed by atoms with E-state index in [4.69, 9.17) is 16.3 Å². The maximum atomic E-state index is 11.0. The van der Waals surface area contributed by atoms with Gasteiger partial charge in [0, 0.05) is 12.0 Å². The second kappa shape index (κ2) is 4.44. The number of halogens is 1. The van der Waals surface area contributed by atoms with Gasteiger partial charge in [0.2, 0.25) is 0 Å². The Morgan fingerprint density at radius 1 is 1.77 bits per heavy atom. The van der Waals surface area contributed by atoms with E-state index in [0.717, 1.165) is 0 Å². The molecule has 0 aliphatic heterocycles. The van der Waals surface area contributed by atoms with Gasteiger partial charge < -0.3 is 4.74 Å². The maximum Gasteiger partial charge on any atom is 0.173 e. The average Bonchev–Trinajstić information content (AvgIpc) is 2.47. The number of rotatable bonds is 4. The molecule has 1 rings (SSSR count). The summed E-state index contributed by atoms with van der Waals surface area (Å²) in [6.07, 6.45) is 0. The van der Waals surface area contributed by atoms with Crippen molar-refractivity contribution < 1.29 is 9.53 Å². The van der Waals surface area contributed by atoms with Gasteiger partial charge in [-0.1, -0.05) is 18.2 Å². The summed E-state index contributed by atoms with van der Waals surface area (Å²) in [4.78, 5) is 11.7. The molecule has 0 bridgehead atoms. The van der Waals surface area contributed by atoms with Crippen molar-refractivity contribution in [3.05, 3.63) is 27.9 Å². The number of carbonyl (C=O) groups excluding carboxylic acids is 1. The SMILES string of the molecule is C=C(Cl)COc1ccsc1C(C)=O. The molecule has 1 aromatic rings. The molecule has 0 fully saturated rings. The highest BCUT2D eigenvalue weighted by molar-refractivity contribution is 7.12. The van der Waals surface area contributed by atoms with Crippen LogP contribution in [0.1, 0.15) is 16.6 Å². The van der Waals surface area contributed by atoms with Crippen molar-refractivity contribution in [3.63, 3.8) is 0 Å². The van der Waals surface area contributed by atoms with Crippen molar-refractivity contribution in [1.82, 2.24) is 0 Å². The molecule has 0 aliphatic rings. The number of hydrogen-bond acceptors (Lipinski definition) is 3. The fraction of sp³-hybridized carbons (Fsp3) is 0.222. The zero-order valence-electron chi connectivity index (χ0n) is 7.17. The number of carbonyl (C=O) groups is 1. The fourth-order valence-corrected chi connectivity index (χ4v) is 1.62. The Morgan fingerprint density at radius 2 is 2.46 bits per heavy atom. The summed E-state index contributed by atoms with van der Waals surface area (Å²) < 4.78 is 5.26. The van der Waals surface area contributed by atoms with E-state index >= 15 is 0 Å². The third-order valence-corrected chi connectivity index (χ3v) is 2.44. The molecule has 13 heavy (non-hydrogen) atoms. The number of ether oxygens (including phenoxy) is 1. The molecule has 0 saturated heterocycles. The Morgan fingerprint density at radius 3 is 3.00 bits per heavy atom. The van der Waals surface area contributed by atoms with E-state index in [2.05, 4.69) is 6.58 Å². The molecule has 0 aliphatic carbocycles. The second-order valence-electron chi connectivity index (χ2n) is 2.48. The molecule has 0 radical (unpaired) electrons. The van der Waals surface area contributed by atoms with Crippen LogP contribution in [0.25, 0.3) is 0 Å². The summed E-state index contributed by atoms with van der Waals surface area (Å²) in [5.74, 6) is 0.587. The first kappa shape index (κ1) is 10.3. The second-order valence-corrected chi connectivity index (χ2v) is 3.93. The molecule has 0 saturated carbocycles. The van der Waals surface area contributed by atoms with Crippen LogP contribution in [0.5, 0.6) is 5.75 Å². The fourth-order valence-electron chi connectivity index (χ4n) is 0.824. The van der Waals surface area contributed by atoms with Gasteiger partial charge >= 0.3 is 0 Å². The zero-order valence-corrected chi connectivity index (χ0v) is 8.74. The highest BCUT2D eigenvalue weighted by atomic mass is 35.5. The Balaban J connectivity index is 2.71. The molecule has 1 heterocycles. The van der Waals surface area contributed by atoms with Crippen LogP contribution in [0.3, 0.4) is 0 Å². The van der Waals surface area contributed by atoms with Gasteiger partial charge in [-0.05, 0) is 11.4 Å². The minimum absolute atomic E-state index is 0.00480. The predicted octanol–water partition coefficient (Wildman–Crippen LogP) is 3.08. The van der Waals surface area contributed by atoms with Gasteiger partial charge in [-0.15, -0.1) is 11.3 Å². The van der Waals surface area contributed by atoms with Gasteiger partial charge in [-0.2, -0.15) is 0 Å². The summed E-state index contributed by atoms with van der Waals surface area (Å²) in [6.45, 7) is 5.23. The molecule has 0 aromatic carbocycles. The molecule has 0 unspecified atom stereocenters. The average molecular weight is 217 g/mol. The molecule has 0 N–H and O–H groups in total. The van der Waals surface area contributed by atoms with Crippen molar-refractivity contribution in [2.24, 2.45) is 0 Å². The van der Waals surface area contributed by atoms with E-state index in [1.54, 1.807) is 6.07 Å². The summed E-state index contributed by atoms with van der Waals surface area (Å²) in [5.41, 5.74) is 0. The summed E-state index contributed by atoms with van der Waals surface area (Å²) in [5, 5.41) is 2.23. The quantitative estimate of drug-likeness (QED) is 0.723. The molecular weight excluding hydrogens is 208 g/mol. The number of ketones is 1. The van der Waals surface area contributed by atoms with E-state index in [1.807, 2.05) is 5.38 Å². The van der Waals surface area contributed by atoms with E-state index in [9.17, 15) is 4.79 Å². The van der Waals surface area contributed by atoms with Crippen LogP contribution in [0.2, 0.25) is 0 Å². The molecule has 70 valence electrons. The molecule has 2 nitrogen and oxygen atoms in total. The predicted molar refractivity (Wildman–Crippen MR) is 54.8 cm³/mol. The standard InChI is InChI=1S/C9H9ClO2S/c1-6(10)5-12-8-3-4-13-9(8)7(2)11/h3-4H,1,5H2,2H3. The summed E-state index contributed by atoms with van der Waals surface area (Å²) in [7, 11) is 0. The number of Topliss-reactive ketones (excluding diaryl/α,β-unsaturated/α-hetero) is 1. The maximum absolute atomic E-state index is 11.0. The number of thiophene rings is 1. The summed E-state index contributed by atoms with van der Waals surface area (Å²) >= 11 is 6.89. The van der Waals surface area contributed by atoms with Crippen molar-refractivity contribution >= 4 is 28.7 Å². The lowest BCUT2D eigenvalue weighted by atomic mass is 10.3. The Hall–Kier alpha value is -0.800. The first-order valence-corrected chi connectivity index (χ1v) is 4.91. The third kappa shape index (κ3) is 2.86. The van der Waals surface area contributed by atoms with Crippen LogP contribution in [0.15, 0.2) is 23.1 Å². The van der Waals surface area contributed by atoms with Crippen molar-refractivity contribution in [3.8, 4) is 5.75 Å². The van der Waals surface area contributed by atoms with Gasteiger partial charge in [0.05, 0.1) is 0 Å². The lowest BCUT2D eigenvalue weighted by Gasteiger charge is -2.03. The van der Waals surface area contributed by atoms with E-state index in [1.165, 1.54) is 18.3 Å². The minimum Gasteiger partial charge on any atom is -0.486 e. The first-order valence-electron chi connectivity index (χ1n) is 3.65. The lowest BCUT2D eigenvalue weighted by molar-refractivity contribution is 0.101. The lowest BCUT2D eigenvalue weighted by Crippen LogP contribution is -1.99. The van der Waals surface area contributed by atoms with Gasteiger partial charge in [0.15, 0.2) is 5.78 Å². The highest BCUT2D eigenvalue weighted by Gasteiger charge is 2.09. The van der Waals surface area contributed by atoms with Gasteiger partial charge in [-0.3, -0.25) is 4.79 Å². The zero-order chi connectivity index (χ0) is 9.84. The van der Waals surface area contributed by atoms with Crippen LogP contribution in [-0.4, -0.2) is 12.4 Å². The van der Waals surface area contributed by atoms with Gasteiger partial charge in [0.1, 0.15) is 17.2 Å². The molecular formula is C9H9ClO2S. The molecule has 0 atom stereocenters. The van der Waals surface area contributed by atoms with E-state index < -0.39 is 0 Å². The molecule has 0 amide bonds. The van der Waals surface area contributed by atoms with Crippen LogP contribution in [0.4, 0.5) is 0 Å². The van der Waals surface area contributed by atoms with Crippen LogP contribution >= 0.6 is 22.9 Å². The summed E-state index contributed by atoms with van der Waals surface area (Å²) in [6, 6.07) is 1.75. The third-order valence-electron chi connectivity index (χ3n) is 1.33. The van der Waals surface area contributed by atoms with Crippen LogP contribution in [0, 0.1) is 0 Å². The van der Waals surface area contributed by atoms with Gasteiger partial charge in [0.25, 0.3) is 0 Å². The first-order chi connectivity index (χ1) is 6.11. The molecule has 0 spiro atoms. The molecule has 1 aromatic heterocycles. The minimum atomic E-state index is 0.00480. The Bertz CT molecular complexity index is 330. The largest absolute Gasteiger partial charge is 0.486 e. The molecule has 4 heteroatoms. The highest BCUT2D eigenvalue weighted by Crippen LogP contribution is 2.25. The van der Waals surface area contributed by atoms with Gasteiger partial charge in [-0.25, -0.2) is 0 Å². The van der Waals surface area contributed by atoms with Crippen molar-refractivity contribution in [2.45, 2.75) is 6.92 Å². The smallest absolute Gasteiger partial charge is 0.173 e. The van der Waals surface area contributed by atoms with Crippen LogP contribution < -0.4 is 4.74 Å². The van der Waals surface area contributed by atoms with E-state index in [-0.39, 0.29) is 12.4 Å². The Labute approximate surface area is 85.8 Å². The van der Waals surface area contributed by atoms with Crippen molar-refractivity contribution in [1.29, 1.82) is 0 Å². The topological polar surface area (TPSA) is 26.3 Å². The van der Waals surface area contributed by atoms with E-state index in [0.29, 0.717) is 15.7 Å². The normalized spacial score (nSPS) is 9.69. The van der Waals surface area contributed by atoms with Crippen molar-refractivity contribution in [2.75, 3.05) is 6.61 Å². The monoisotopic (exact) mass is 216 g/mol. The van der Waals surface area contributed by atoms with Crippen LogP contribution in [-0.2, 0) is 0 Å².